The number of benzene rings is 1. The van der Waals surface area contributed by atoms with Crippen LogP contribution in [0.3, 0.4) is 0 Å². The van der Waals surface area contributed by atoms with Gasteiger partial charge in [-0.1, -0.05) is 23.7 Å². The number of hydrogen-bond donors (Lipinski definition) is 1. The highest BCUT2D eigenvalue weighted by Crippen LogP contribution is 2.29. The molecule has 2 aromatic rings. The van der Waals surface area contributed by atoms with Crippen LogP contribution in [-0.2, 0) is 0 Å². The molecule has 0 unspecified atom stereocenters. The Hall–Kier alpha value is -1.52. The van der Waals surface area contributed by atoms with Crippen molar-refractivity contribution in [2.24, 2.45) is 0 Å². The Balaban J connectivity index is 2.04. The lowest BCUT2D eigenvalue weighted by Gasteiger charge is -2.29. The zero-order chi connectivity index (χ0) is 14.1. The first-order valence-electron chi connectivity index (χ1n) is 6.95. The summed E-state index contributed by atoms with van der Waals surface area (Å²) < 4.78 is 1.95. The van der Waals surface area contributed by atoms with E-state index in [0.29, 0.717) is 0 Å². The van der Waals surface area contributed by atoms with Crippen molar-refractivity contribution in [1.29, 1.82) is 0 Å². The summed E-state index contributed by atoms with van der Waals surface area (Å²) in [5.74, 6) is 0. The van der Waals surface area contributed by atoms with E-state index >= 15 is 0 Å². The van der Waals surface area contributed by atoms with Crippen LogP contribution in [0, 0.1) is 13.8 Å². The number of hydrogen-bond acceptors (Lipinski definition) is 3. The molecule has 1 aliphatic heterocycles. The Morgan fingerprint density at radius 2 is 1.85 bits per heavy atom. The fourth-order valence-electron chi connectivity index (χ4n) is 2.84. The molecule has 0 atom stereocenters. The van der Waals surface area contributed by atoms with E-state index in [1.54, 1.807) is 0 Å². The second-order valence-electron chi connectivity index (χ2n) is 5.12. The van der Waals surface area contributed by atoms with Crippen molar-refractivity contribution in [1.82, 2.24) is 15.1 Å². The van der Waals surface area contributed by atoms with Gasteiger partial charge < -0.3 is 10.2 Å². The van der Waals surface area contributed by atoms with Gasteiger partial charge in [0.2, 0.25) is 0 Å². The highest BCUT2D eigenvalue weighted by molar-refractivity contribution is 6.32. The molecule has 0 saturated carbocycles. The monoisotopic (exact) mass is 290 g/mol. The number of halogens is 1. The molecule has 0 spiro atoms. The van der Waals surface area contributed by atoms with E-state index in [1.807, 2.05) is 28.9 Å². The van der Waals surface area contributed by atoms with Gasteiger partial charge in [-0.3, -0.25) is 0 Å². The number of aryl methyl sites for hydroxylation is 1. The van der Waals surface area contributed by atoms with Gasteiger partial charge in [-0.05, 0) is 26.0 Å². The first-order valence-corrected chi connectivity index (χ1v) is 7.33. The lowest BCUT2D eigenvalue weighted by Crippen LogP contribution is -2.43. The fraction of sp³-hybridized carbons (Fsp3) is 0.400. The number of anilines is 1. The summed E-state index contributed by atoms with van der Waals surface area (Å²) >= 11 is 6.29. The van der Waals surface area contributed by atoms with Crippen LogP contribution in [0.15, 0.2) is 24.3 Å². The molecule has 5 heteroatoms. The van der Waals surface area contributed by atoms with Crippen LogP contribution >= 0.6 is 11.6 Å². The third kappa shape index (κ3) is 2.30. The van der Waals surface area contributed by atoms with Crippen molar-refractivity contribution in [3.8, 4) is 5.69 Å². The average molecular weight is 291 g/mol. The van der Waals surface area contributed by atoms with Crippen molar-refractivity contribution < 1.29 is 0 Å². The fourth-order valence-corrected chi connectivity index (χ4v) is 3.05. The SMILES string of the molecule is Cc1nn(-c2ccccc2Cl)c(C)c1N1CCNCC1. The maximum Gasteiger partial charge on any atom is 0.0835 e. The summed E-state index contributed by atoms with van der Waals surface area (Å²) in [7, 11) is 0. The van der Waals surface area contributed by atoms with Gasteiger partial charge in [-0.15, -0.1) is 0 Å². The van der Waals surface area contributed by atoms with Crippen LogP contribution in [0.2, 0.25) is 5.02 Å². The minimum atomic E-state index is 0.727. The molecular weight excluding hydrogens is 272 g/mol. The van der Waals surface area contributed by atoms with E-state index in [9.17, 15) is 0 Å². The molecule has 106 valence electrons. The molecule has 3 rings (SSSR count). The maximum atomic E-state index is 6.29. The van der Waals surface area contributed by atoms with Gasteiger partial charge in [0.1, 0.15) is 0 Å². The molecular formula is C15H19ClN4. The van der Waals surface area contributed by atoms with Crippen molar-refractivity contribution in [2.45, 2.75) is 13.8 Å². The summed E-state index contributed by atoms with van der Waals surface area (Å²) in [5.41, 5.74) is 4.39. The van der Waals surface area contributed by atoms with Gasteiger partial charge in [0, 0.05) is 26.2 Å². The van der Waals surface area contributed by atoms with Crippen LogP contribution in [0.5, 0.6) is 0 Å². The smallest absolute Gasteiger partial charge is 0.0835 e. The number of aromatic nitrogens is 2. The summed E-state index contributed by atoms with van der Waals surface area (Å²) in [5, 5.41) is 8.79. The number of para-hydroxylation sites is 1. The lowest BCUT2D eigenvalue weighted by atomic mass is 10.2. The molecule has 1 fully saturated rings. The molecule has 1 aliphatic rings. The molecule has 0 radical (unpaired) electrons. The zero-order valence-electron chi connectivity index (χ0n) is 11.9. The minimum absolute atomic E-state index is 0.727. The average Bonchev–Trinajstić information content (AvgIpc) is 2.75. The summed E-state index contributed by atoms with van der Waals surface area (Å²) in [6.45, 7) is 8.27. The van der Waals surface area contributed by atoms with E-state index in [0.717, 1.165) is 48.3 Å². The van der Waals surface area contributed by atoms with E-state index in [-0.39, 0.29) is 0 Å². The van der Waals surface area contributed by atoms with Crippen molar-refractivity contribution in [3.63, 3.8) is 0 Å². The Kier molecular flexibility index (Phi) is 3.68. The van der Waals surface area contributed by atoms with Gasteiger partial charge in [-0.2, -0.15) is 5.10 Å². The van der Waals surface area contributed by atoms with Crippen molar-refractivity contribution in [3.05, 3.63) is 40.7 Å². The Bertz CT molecular complexity index is 614. The molecule has 1 aromatic heterocycles. The van der Waals surface area contributed by atoms with Crippen LogP contribution in [0.1, 0.15) is 11.4 Å². The topological polar surface area (TPSA) is 33.1 Å². The number of rotatable bonds is 2. The third-order valence-corrected chi connectivity index (χ3v) is 4.09. The number of piperazine rings is 1. The highest BCUT2D eigenvalue weighted by atomic mass is 35.5. The van der Waals surface area contributed by atoms with E-state index in [4.69, 9.17) is 11.6 Å². The van der Waals surface area contributed by atoms with Crippen LogP contribution in [0.25, 0.3) is 5.69 Å². The normalized spacial score (nSPS) is 15.7. The second kappa shape index (κ2) is 5.46. The third-order valence-electron chi connectivity index (χ3n) is 3.77. The molecule has 1 N–H and O–H groups in total. The lowest BCUT2D eigenvalue weighted by molar-refractivity contribution is 0.587. The summed E-state index contributed by atoms with van der Waals surface area (Å²) in [6, 6.07) is 7.83. The van der Waals surface area contributed by atoms with Gasteiger partial charge in [0.15, 0.2) is 0 Å². The molecule has 1 aromatic carbocycles. The Morgan fingerprint density at radius 1 is 1.15 bits per heavy atom. The zero-order valence-corrected chi connectivity index (χ0v) is 12.6. The van der Waals surface area contributed by atoms with E-state index in [2.05, 4.69) is 29.2 Å². The van der Waals surface area contributed by atoms with Crippen molar-refractivity contribution >= 4 is 17.3 Å². The summed E-state index contributed by atoms with van der Waals surface area (Å²) in [6.07, 6.45) is 0. The first kappa shape index (κ1) is 13.5. The van der Waals surface area contributed by atoms with Crippen LogP contribution < -0.4 is 10.2 Å². The highest BCUT2D eigenvalue weighted by Gasteiger charge is 2.20. The molecule has 20 heavy (non-hydrogen) atoms. The molecule has 4 nitrogen and oxygen atoms in total. The predicted octanol–water partition coefficient (Wildman–Crippen LogP) is 2.55. The minimum Gasteiger partial charge on any atom is -0.366 e. The van der Waals surface area contributed by atoms with Gasteiger partial charge in [-0.25, -0.2) is 4.68 Å². The van der Waals surface area contributed by atoms with Crippen LogP contribution in [-0.4, -0.2) is 36.0 Å². The summed E-state index contributed by atoms with van der Waals surface area (Å²) in [4.78, 5) is 2.40. The number of nitrogens with one attached hydrogen (secondary N) is 1. The van der Waals surface area contributed by atoms with E-state index in [1.165, 1.54) is 5.69 Å². The van der Waals surface area contributed by atoms with Gasteiger partial charge in [0.25, 0.3) is 0 Å². The predicted molar refractivity (Wildman–Crippen MR) is 83.1 cm³/mol. The van der Waals surface area contributed by atoms with E-state index < -0.39 is 0 Å². The van der Waals surface area contributed by atoms with Gasteiger partial charge >= 0.3 is 0 Å². The molecule has 1 saturated heterocycles. The van der Waals surface area contributed by atoms with Crippen molar-refractivity contribution in [2.75, 3.05) is 31.1 Å². The standard InChI is InChI=1S/C15H19ClN4/c1-11-15(19-9-7-17-8-10-19)12(2)20(18-11)14-6-4-3-5-13(14)16/h3-6,17H,7-10H2,1-2H3. The molecule has 0 amide bonds. The second-order valence-corrected chi connectivity index (χ2v) is 5.53. The Labute approximate surface area is 124 Å². The van der Waals surface area contributed by atoms with Gasteiger partial charge in [0.05, 0.1) is 27.8 Å². The van der Waals surface area contributed by atoms with Crippen LogP contribution in [0.4, 0.5) is 5.69 Å². The number of nitrogens with zero attached hydrogens (tertiary/aromatic N) is 3. The quantitative estimate of drug-likeness (QED) is 0.923. The molecule has 2 heterocycles. The largest absolute Gasteiger partial charge is 0.366 e. The maximum absolute atomic E-state index is 6.29. The Morgan fingerprint density at radius 3 is 2.55 bits per heavy atom. The first-order chi connectivity index (χ1) is 9.68. The molecule has 0 aliphatic carbocycles. The molecule has 0 bridgehead atoms.